The number of amides is 1. The van der Waals surface area contributed by atoms with Crippen molar-refractivity contribution in [1.29, 1.82) is 0 Å². The van der Waals surface area contributed by atoms with Crippen molar-refractivity contribution in [3.8, 4) is 11.5 Å². The zero-order valence-corrected chi connectivity index (χ0v) is 12.1. The molecule has 0 aromatic heterocycles. The minimum atomic E-state index is -2.89. The lowest BCUT2D eigenvalue weighted by Crippen LogP contribution is -2.40. The van der Waals surface area contributed by atoms with Gasteiger partial charge in [-0.15, -0.1) is 0 Å². The molecular formula is C15H19F2NO3. The molecule has 0 spiro atoms. The van der Waals surface area contributed by atoms with Crippen LogP contribution in [-0.2, 0) is 11.2 Å². The topological polar surface area (TPSA) is 47.6 Å². The number of ether oxygens (including phenoxy) is 2. The molecule has 1 atom stereocenters. The van der Waals surface area contributed by atoms with Crippen molar-refractivity contribution in [3.05, 3.63) is 23.8 Å². The number of carbonyl (C=O) groups is 1. The van der Waals surface area contributed by atoms with Crippen molar-refractivity contribution in [2.75, 3.05) is 6.61 Å². The van der Waals surface area contributed by atoms with Crippen LogP contribution in [0.15, 0.2) is 18.2 Å². The number of rotatable bonds is 6. The molecule has 1 heterocycles. The summed E-state index contributed by atoms with van der Waals surface area (Å²) in [7, 11) is 0. The highest BCUT2D eigenvalue weighted by molar-refractivity contribution is 5.79. The van der Waals surface area contributed by atoms with Crippen molar-refractivity contribution in [2.24, 2.45) is 0 Å². The Labute approximate surface area is 122 Å². The summed E-state index contributed by atoms with van der Waals surface area (Å²) in [4.78, 5) is 11.4. The Balaban J connectivity index is 2.17. The molecule has 1 aliphatic rings. The summed E-state index contributed by atoms with van der Waals surface area (Å²) in [6.07, 6.45) is 1.89. The molecule has 0 aliphatic carbocycles. The first-order valence-corrected chi connectivity index (χ1v) is 6.93. The Morgan fingerprint density at radius 2 is 2.14 bits per heavy atom. The van der Waals surface area contributed by atoms with Crippen LogP contribution in [0.5, 0.6) is 11.5 Å². The minimum absolute atomic E-state index is 0.0243. The van der Waals surface area contributed by atoms with Gasteiger partial charge in [0.25, 0.3) is 0 Å². The van der Waals surface area contributed by atoms with E-state index >= 15 is 0 Å². The van der Waals surface area contributed by atoms with Crippen LogP contribution in [0.3, 0.4) is 0 Å². The minimum Gasteiger partial charge on any atom is -0.490 e. The maximum absolute atomic E-state index is 12.3. The van der Waals surface area contributed by atoms with Gasteiger partial charge in [-0.2, -0.15) is 8.78 Å². The number of alkyl halides is 2. The smallest absolute Gasteiger partial charge is 0.387 e. The van der Waals surface area contributed by atoms with E-state index in [-0.39, 0.29) is 17.2 Å². The normalized spacial score (nSPS) is 21.5. The average Bonchev–Trinajstić information content (AvgIpc) is 2.72. The molecule has 116 valence electrons. The largest absolute Gasteiger partial charge is 0.490 e. The van der Waals surface area contributed by atoms with Crippen molar-refractivity contribution in [2.45, 2.75) is 45.3 Å². The summed E-state index contributed by atoms with van der Waals surface area (Å²) < 4.78 is 34.5. The van der Waals surface area contributed by atoms with E-state index in [1.165, 1.54) is 6.07 Å². The predicted octanol–water partition coefficient (Wildman–Crippen LogP) is 2.90. The van der Waals surface area contributed by atoms with Gasteiger partial charge in [-0.3, -0.25) is 4.79 Å². The summed E-state index contributed by atoms with van der Waals surface area (Å²) in [5, 5.41) is 2.95. The Hall–Kier alpha value is -1.85. The number of halogens is 2. The number of hydrogen-bond donors (Lipinski definition) is 1. The third kappa shape index (κ3) is 4.06. The van der Waals surface area contributed by atoms with E-state index in [4.69, 9.17) is 4.74 Å². The Morgan fingerprint density at radius 1 is 1.38 bits per heavy atom. The molecule has 1 aromatic rings. The van der Waals surface area contributed by atoms with E-state index < -0.39 is 6.61 Å². The molecule has 1 aromatic carbocycles. The predicted molar refractivity (Wildman–Crippen MR) is 73.7 cm³/mol. The molecule has 21 heavy (non-hydrogen) atoms. The van der Waals surface area contributed by atoms with E-state index in [1.54, 1.807) is 19.1 Å². The number of hydrogen-bond acceptors (Lipinski definition) is 3. The monoisotopic (exact) mass is 299 g/mol. The molecule has 1 N–H and O–H groups in total. The molecule has 0 saturated carbocycles. The third-order valence-corrected chi connectivity index (χ3v) is 3.46. The van der Waals surface area contributed by atoms with Crippen LogP contribution in [0.25, 0.3) is 0 Å². The fraction of sp³-hybridized carbons (Fsp3) is 0.533. The first-order valence-electron chi connectivity index (χ1n) is 6.93. The molecule has 1 aliphatic heterocycles. The second-order valence-corrected chi connectivity index (χ2v) is 5.38. The summed E-state index contributed by atoms with van der Waals surface area (Å²) >= 11 is 0. The molecule has 1 unspecified atom stereocenters. The fourth-order valence-electron chi connectivity index (χ4n) is 2.56. The summed E-state index contributed by atoms with van der Waals surface area (Å²) in [5.74, 6) is 0.361. The van der Waals surface area contributed by atoms with Crippen molar-refractivity contribution >= 4 is 5.91 Å². The summed E-state index contributed by atoms with van der Waals surface area (Å²) in [6, 6.07) is 4.89. The van der Waals surface area contributed by atoms with Crippen LogP contribution < -0.4 is 14.8 Å². The molecule has 1 saturated heterocycles. The lowest BCUT2D eigenvalue weighted by molar-refractivity contribution is -0.119. The van der Waals surface area contributed by atoms with Gasteiger partial charge >= 0.3 is 6.61 Å². The first-order chi connectivity index (χ1) is 9.92. The van der Waals surface area contributed by atoms with Crippen LogP contribution in [0.1, 0.15) is 32.3 Å². The average molecular weight is 299 g/mol. The van der Waals surface area contributed by atoms with Crippen molar-refractivity contribution < 1.29 is 23.0 Å². The highest BCUT2D eigenvalue weighted by Crippen LogP contribution is 2.32. The second-order valence-electron chi connectivity index (χ2n) is 5.38. The molecule has 1 fully saturated rings. The second kappa shape index (κ2) is 6.28. The Bertz CT molecular complexity index is 522. The van der Waals surface area contributed by atoms with Crippen LogP contribution in [0, 0.1) is 0 Å². The lowest BCUT2D eigenvalue weighted by Gasteiger charge is -2.24. The molecule has 6 heteroatoms. The van der Waals surface area contributed by atoms with Gasteiger partial charge in [-0.05, 0) is 44.4 Å². The van der Waals surface area contributed by atoms with Crippen molar-refractivity contribution in [3.63, 3.8) is 0 Å². The van der Waals surface area contributed by atoms with Gasteiger partial charge in [-0.25, -0.2) is 0 Å². The maximum atomic E-state index is 12.3. The maximum Gasteiger partial charge on any atom is 0.387 e. The van der Waals surface area contributed by atoms with Gasteiger partial charge < -0.3 is 14.8 Å². The Morgan fingerprint density at radius 3 is 2.71 bits per heavy atom. The van der Waals surface area contributed by atoms with E-state index in [9.17, 15) is 13.6 Å². The molecule has 1 amide bonds. The van der Waals surface area contributed by atoms with Gasteiger partial charge in [-0.1, -0.05) is 6.07 Å². The fourth-order valence-corrected chi connectivity index (χ4v) is 2.56. The van der Waals surface area contributed by atoms with Crippen LogP contribution in [0.2, 0.25) is 0 Å². The van der Waals surface area contributed by atoms with Crippen LogP contribution >= 0.6 is 0 Å². The molecule has 0 bridgehead atoms. The number of nitrogens with one attached hydrogen (secondary N) is 1. The standard InChI is InChI=1S/C15H19F2NO3/c1-3-20-12-8-10(4-5-11(12)21-14(16)17)9-15(2)7-6-13(19)18-15/h4-5,8,14H,3,6-7,9H2,1-2H3,(H,18,19). The first kappa shape index (κ1) is 15.5. The highest BCUT2D eigenvalue weighted by Gasteiger charge is 2.33. The van der Waals surface area contributed by atoms with Gasteiger partial charge in [0, 0.05) is 12.0 Å². The summed E-state index contributed by atoms with van der Waals surface area (Å²) in [6.45, 7) is 1.22. The molecule has 4 nitrogen and oxygen atoms in total. The van der Waals surface area contributed by atoms with Gasteiger partial charge in [0.1, 0.15) is 0 Å². The van der Waals surface area contributed by atoms with Gasteiger partial charge in [0.05, 0.1) is 6.61 Å². The highest BCUT2D eigenvalue weighted by atomic mass is 19.3. The molecule has 0 radical (unpaired) electrons. The lowest BCUT2D eigenvalue weighted by atomic mass is 9.91. The van der Waals surface area contributed by atoms with Gasteiger partial charge in [0.2, 0.25) is 5.91 Å². The van der Waals surface area contributed by atoms with Crippen molar-refractivity contribution in [1.82, 2.24) is 5.32 Å². The third-order valence-electron chi connectivity index (χ3n) is 3.46. The van der Waals surface area contributed by atoms with E-state index in [2.05, 4.69) is 10.1 Å². The molecule has 2 rings (SSSR count). The Kier molecular flexibility index (Phi) is 4.65. The van der Waals surface area contributed by atoms with E-state index in [0.717, 1.165) is 12.0 Å². The van der Waals surface area contributed by atoms with Gasteiger partial charge in [0.15, 0.2) is 11.5 Å². The van der Waals surface area contributed by atoms with Crippen LogP contribution in [-0.4, -0.2) is 24.7 Å². The SMILES string of the molecule is CCOc1cc(CC2(C)CCC(=O)N2)ccc1OC(F)F. The van der Waals surface area contributed by atoms with E-state index in [0.29, 0.717) is 25.2 Å². The van der Waals surface area contributed by atoms with Crippen LogP contribution in [0.4, 0.5) is 8.78 Å². The molecular weight excluding hydrogens is 280 g/mol. The number of benzene rings is 1. The summed E-state index contributed by atoms with van der Waals surface area (Å²) in [5.41, 5.74) is 0.607. The number of carbonyl (C=O) groups excluding carboxylic acids is 1. The zero-order chi connectivity index (χ0) is 15.5. The quantitative estimate of drug-likeness (QED) is 0.878. The van der Waals surface area contributed by atoms with E-state index in [1.807, 2.05) is 6.92 Å². The zero-order valence-electron chi connectivity index (χ0n) is 12.1.